The molecule has 62 heavy (non-hydrogen) atoms. The Balaban J connectivity index is 1.29. The van der Waals surface area contributed by atoms with E-state index in [-0.39, 0.29) is 0 Å². The van der Waals surface area contributed by atoms with Crippen LogP contribution in [0.4, 0.5) is 34.1 Å². The van der Waals surface area contributed by atoms with Crippen LogP contribution in [0.2, 0.25) is 0 Å². The van der Waals surface area contributed by atoms with Crippen LogP contribution in [0.1, 0.15) is 61.8 Å². The van der Waals surface area contributed by atoms with Crippen LogP contribution in [0.3, 0.4) is 0 Å². The lowest BCUT2D eigenvalue weighted by Crippen LogP contribution is -2.12. The van der Waals surface area contributed by atoms with Crippen molar-refractivity contribution in [2.75, 3.05) is 9.80 Å². The van der Waals surface area contributed by atoms with E-state index in [1.807, 2.05) is 0 Å². The Hall–Kier alpha value is -7.16. The lowest BCUT2D eigenvalue weighted by atomic mass is 9.83. The van der Waals surface area contributed by atoms with Gasteiger partial charge in [-0.2, -0.15) is 0 Å². The van der Waals surface area contributed by atoms with Crippen LogP contribution in [-0.2, 0) is 0 Å². The molecule has 0 saturated heterocycles. The first-order valence-electron chi connectivity index (χ1n) is 22.1. The van der Waals surface area contributed by atoms with Gasteiger partial charge in [0.2, 0.25) is 0 Å². The molecule has 2 heteroatoms. The van der Waals surface area contributed by atoms with E-state index in [1.54, 1.807) is 0 Å². The summed E-state index contributed by atoms with van der Waals surface area (Å²) in [5, 5.41) is 7.81. The van der Waals surface area contributed by atoms with Crippen molar-refractivity contribution in [3.8, 4) is 22.3 Å². The van der Waals surface area contributed by atoms with Gasteiger partial charge >= 0.3 is 0 Å². The Kier molecular flexibility index (Phi) is 10.1. The Morgan fingerprint density at radius 2 is 0.677 bits per heavy atom. The van der Waals surface area contributed by atoms with Crippen LogP contribution in [0.25, 0.3) is 54.6 Å². The van der Waals surface area contributed by atoms with Crippen LogP contribution in [0.15, 0.2) is 194 Å². The number of hydrogen-bond donors (Lipinski definition) is 0. The predicted octanol–water partition coefficient (Wildman–Crippen LogP) is 17.7. The maximum atomic E-state index is 2.51. The summed E-state index contributed by atoms with van der Waals surface area (Å²) in [7, 11) is 0. The molecule has 2 nitrogen and oxygen atoms in total. The van der Waals surface area contributed by atoms with Gasteiger partial charge in [0.05, 0.1) is 11.4 Å². The summed E-state index contributed by atoms with van der Waals surface area (Å²) in [6.07, 6.45) is 0. The fraction of sp³-hybridized carbons (Fsp3) is 0.133. The molecule has 0 amide bonds. The van der Waals surface area contributed by atoms with E-state index in [0.717, 1.165) is 22.7 Å². The fourth-order valence-corrected chi connectivity index (χ4v) is 9.49. The van der Waals surface area contributed by atoms with Gasteiger partial charge < -0.3 is 9.80 Å². The van der Waals surface area contributed by atoms with E-state index >= 15 is 0 Å². The second-order valence-electron chi connectivity index (χ2n) is 17.5. The molecule has 0 saturated carbocycles. The van der Waals surface area contributed by atoms with E-state index in [9.17, 15) is 0 Å². The molecule has 302 valence electrons. The summed E-state index contributed by atoms with van der Waals surface area (Å²) in [6.45, 7) is 13.7. The average Bonchev–Trinajstić information content (AvgIpc) is 3.30. The van der Waals surface area contributed by atoms with Crippen LogP contribution in [0.5, 0.6) is 0 Å². The molecule has 10 aromatic rings. The van der Waals surface area contributed by atoms with Crippen molar-refractivity contribution in [2.45, 2.75) is 53.4 Å². The third-order valence-electron chi connectivity index (χ3n) is 12.6. The summed E-state index contributed by atoms with van der Waals surface area (Å²) in [5.74, 6) is 0.602. The van der Waals surface area contributed by atoms with E-state index in [2.05, 4.69) is 245 Å². The first-order valence-corrected chi connectivity index (χ1v) is 22.1. The highest BCUT2D eigenvalue weighted by molar-refractivity contribution is 6.29. The summed E-state index contributed by atoms with van der Waals surface area (Å²) < 4.78 is 0. The predicted molar refractivity (Wildman–Crippen MR) is 268 cm³/mol. The monoisotopic (exact) mass is 800 g/mol. The SMILES string of the molecule is Cc1ccc(N(c2cccc(-c3ccccc3)c2)c2ccc3c(C(C)C)cc4c(N(c5ccc(C)cc5)c5cccc(-c6ccccc6)c5)ccc5c(C(C)C)cc2c3c54)cc1. The van der Waals surface area contributed by atoms with Gasteiger partial charge in [0.15, 0.2) is 0 Å². The fourth-order valence-electron chi connectivity index (χ4n) is 9.49. The molecule has 0 aliphatic rings. The molecule has 0 N–H and O–H groups in total. The molecule has 0 unspecified atom stereocenters. The molecular weight excluding hydrogens is 749 g/mol. The zero-order chi connectivity index (χ0) is 42.5. The molecule has 0 fully saturated rings. The molecule has 0 spiro atoms. The number of aryl methyl sites for hydroxylation is 2. The van der Waals surface area contributed by atoms with E-state index < -0.39 is 0 Å². The third kappa shape index (κ3) is 6.96. The van der Waals surface area contributed by atoms with Crippen molar-refractivity contribution in [3.63, 3.8) is 0 Å². The molecule has 0 aliphatic carbocycles. The van der Waals surface area contributed by atoms with Crippen molar-refractivity contribution in [2.24, 2.45) is 0 Å². The van der Waals surface area contributed by atoms with E-state index in [4.69, 9.17) is 0 Å². The van der Waals surface area contributed by atoms with Crippen LogP contribution in [-0.4, -0.2) is 0 Å². The molecule has 0 aromatic heterocycles. The van der Waals surface area contributed by atoms with Crippen molar-refractivity contribution >= 4 is 66.4 Å². The Bertz CT molecular complexity index is 2960. The van der Waals surface area contributed by atoms with Crippen molar-refractivity contribution in [3.05, 3.63) is 216 Å². The quantitative estimate of drug-likeness (QED) is 0.127. The molecule has 0 heterocycles. The van der Waals surface area contributed by atoms with Gasteiger partial charge in [-0.25, -0.2) is 0 Å². The number of benzene rings is 10. The number of anilines is 6. The number of rotatable bonds is 10. The van der Waals surface area contributed by atoms with Gasteiger partial charge in [0.25, 0.3) is 0 Å². The normalized spacial score (nSPS) is 11.7. The largest absolute Gasteiger partial charge is 0.310 e. The minimum absolute atomic E-state index is 0.301. The van der Waals surface area contributed by atoms with Crippen LogP contribution < -0.4 is 9.80 Å². The minimum atomic E-state index is 0.301. The van der Waals surface area contributed by atoms with Gasteiger partial charge in [-0.15, -0.1) is 0 Å². The summed E-state index contributed by atoms with van der Waals surface area (Å²) in [4.78, 5) is 4.96. The molecule has 0 bridgehead atoms. The van der Waals surface area contributed by atoms with Gasteiger partial charge in [-0.05, 0) is 153 Å². The topological polar surface area (TPSA) is 6.48 Å². The molecular formula is C60H52N2. The van der Waals surface area contributed by atoms with Gasteiger partial charge in [0.1, 0.15) is 0 Å². The first-order chi connectivity index (χ1) is 30.2. The Morgan fingerprint density at radius 1 is 0.306 bits per heavy atom. The second kappa shape index (κ2) is 16.0. The highest BCUT2D eigenvalue weighted by atomic mass is 15.1. The van der Waals surface area contributed by atoms with E-state index in [1.165, 1.54) is 88.2 Å². The first kappa shape index (κ1) is 39.0. The number of nitrogens with zero attached hydrogens (tertiary/aromatic N) is 2. The van der Waals surface area contributed by atoms with Gasteiger partial charge in [-0.1, -0.05) is 160 Å². The summed E-state index contributed by atoms with van der Waals surface area (Å²) >= 11 is 0. The van der Waals surface area contributed by atoms with Crippen LogP contribution >= 0.6 is 0 Å². The molecule has 10 aromatic carbocycles. The zero-order valence-electron chi connectivity index (χ0n) is 36.5. The maximum absolute atomic E-state index is 2.51. The Labute approximate surface area is 366 Å². The maximum Gasteiger partial charge on any atom is 0.0540 e. The van der Waals surface area contributed by atoms with Crippen molar-refractivity contribution < 1.29 is 0 Å². The molecule has 0 radical (unpaired) electrons. The highest BCUT2D eigenvalue weighted by Gasteiger charge is 2.26. The smallest absolute Gasteiger partial charge is 0.0540 e. The van der Waals surface area contributed by atoms with Gasteiger partial charge in [-0.3, -0.25) is 0 Å². The second-order valence-corrected chi connectivity index (χ2v) is 17.5. The number of hydrogen-bond acceptors (Lipinski definition) is 2. The standard InChI is InChI=1S/C60H52N2/c1-39(2)53-37-55-57(61(47-27-23-41(5)24-28-47)49-21-13-19-45(35-49)43-15-9-7-10-16-43)34-32-52-54(40(3)4)38-56-58(33-31-51(53)59(56)60(52)55)62(48-29-25-42(6)26-30-48)50-22-14-20-46(36-50)44-17-11-8-12-18-44/h7-40H,1-6H3. The molecule has 0 atom stereocenters. The Morgan fingerprint density at radius 3 is 1.05 bits per heavy atom. The summed E-state index contributed by atoms with van der Waals surface area (Å²) in [5.41, 5.74) is 16.9. The van der Waals surface area contributed by atoms with Crippen molar-refractivity contribution in [1.82, 2.24) is 0 Å². The molecule has 10 rings (SSSR count). The molecule has 0 aliphatic heterocycles. The average molecular weight is 801 g/mol. The lowest BCUT2D eigenvalue weighted by Gasteiger charge is -2.31. The van der Waals surface area contributed by atoms with Crippen molar-refractivity contribution in [1.29, 1.82) is 0 Å². The van der Waals surface area contributed by atoms with Gasteiger partial charge in [0, 0.05) is 33.5 Å². The zero-order valence-corrected chi connectivity index (χ0v) is 36.5. The lowest BCUT2D eigenvalue weighted by molar-refractivity contribution is 0.876. The minimum Gasteiger partial charge on any atom is -0.310 e. The highest BCUT2D eigenvalue weighted by Crippen LogP contribution is 2.51. The summed E-state index contributed by atoms with van der Waals surface area (Å²) in [6, 6.07) is 72.1. The van der Waals surface area contributed by atoms with E-state index in [0.29, 0.717) is 11.8 Å². The van der Waals surface area contributed by atoms with Crippen LogP contribution in [0, 0.1) is 13.8 Å². The third-order valence-corrected chi connectivity index (χ3v) is 12.6.